The van der Waals surface area contributed by atoms with Crippen molar-refractivity contribution in [2.75, 3.05) is 39.3 Å². The van der Waals surface area contributed by atoms with Crippen LogP contribution in [0.5, 0.6) is 11.5 Å². The van der Waals surface area contributed by atoms with Crippen LogP contribution in [-0.2, 0) is 33.4 Å². The van der Waals surface area contributed by atoms with E-state index < -0.39 is 74.8 Å². The van der Waals surface area contributed by atoms with Crippen molar-refractivity contribution in [1.82, 2.24) is 9.80 Å². The molecule has 0 aliphatic carbocycles. The lowest BCUT2D eigenvalue weighted by molar-refractivity contribution is -0.160. The van der Waals surface area contributed by atoms with Gasteiger partial charge in [-0.1, -0.05) is 29.4 Å². The van der Waals surface area contributed by atoms with Gasteiger partial charge in [0.05, 0.1) is 44.7 Å². The molecule has 0 saturated carbocycles. The second kappa shape index (κ2) is 19.8. The fourth-order valence-corrected chi connectivity index (χ4v) is 4.04. The van der Waals surface area contributed by atoms with E-state index in [1.54, 1.807) is 0 Å². The molecule has 0 heterocycles. The number of carbonyl (C=O) groups excluding carboxylic acids is 3. The van der Waals surface area contributed by atoms with Crippen LogP contribution in [0.15, 0.2) is 64.8 Å². The maximum atomic E-state index is 12.5. The highest BCUT2D eigenvalue weighted by Crippen LogP contribution is 2.15. The first-order valence-electron chi connectivity index (χ1n) is 14.1. The predicted molar refractivity (Wildman–Crippen MR) is 167 cm³/mol. The highest BCUT2D eigenvalue weighted by Gasteiger charge is 2.22. The topological polar surface area (TPSA) is 271 Å². The Hall–Kier alpha value is -6.56. The van der Waals surface area contributed by atoms with Crippen LogP contribution in [0.3, 0.4) is 0 Å². The largest absolute Gasteiger partial charge is 0.508 e. The first-order valence-corrected chi connectivity index (χ1v) is 14.1. The summed E-state index contributed by atoms with van der Waals surface area (Å²) in [5, 5.41) is 68.3. The number of hydrogen-bond acceptors (Lipinski definition) is 15. The number of rotatable bonds is 17. The Labute approximate surface area is 279 Å². The van der Waals surface area contributed by atoms with Gasteiger partial charge in [-0.15, -0.1) is 0 Å². The molecule has 2 aromatic rings. The van der Waals surface area contributed by atoms with Gasteiger partial charge in [-0.05, 0) is 47.5 Å². The van der Waals surface area contributed by atoms with Crippen molar-refractivity contribution in [3.8, 4) is 23.6 Å². The number of hydrogen-bond donors (Lipinski definition) is 5. The van der Waals surface area contributed by atoms with Gasteiger partial charge in [0.25, 0.3) is 0 Å². The number of oxime groups is 1. The Kier molecular flexibility index (Phi) is 15.6. The highest BCUT2D eigenvalue weighted by molar-refractivity contribution is 5.93. The summed E-state index contributed by atoms with van der Waals surface area (Å²) in [6, 6.07) is 15.4. The van der Waals surface area contributed by atoms with Crippen molar-refractivity contribution in [3.63, 3.8) is 0 Å². The maximum Gasteiger partial charge on any atom is 0.327 e. The van der Waals surface area contributed by atoms with Crippen molar-refractivity contribution in [2.45, 2.75) is 12.8 Å². The molecular weight excluding hydrogens is 646 g/mol. The summed E-state index contributed by atoms with van der Waals surface area (Å²) in [4.78, 5) is 61.9. The fourth-order valence-electron chi connectivity index (χ4n) is 4.04. The molecule has 0 unspecified atom stereocenters. The number of carboxylic acid groups (broad SMARTS) is 2. The quantitative estimate of drug-likeness (QED) is 0.0302. The number of carbonyl (C=O) groups is 5. The summed E-state index contributed by atoms with van der Waals surface area (Å²) in [5.74, 6) is -6.74. The standard InChI is InChI=1S/C32H31N5O12/c33-13-23(11-21-1-5-25(38)6-2-21)15-36(17-28(40)41)19-31(45)48-27(35-47)9-10-30(44)49-32(46)20-37(18-29(42)43)16-24(14-34)12-22-3-7-26(39)8-4-22/h1-8,11-12,38-39,47H,9-10,15-20H2,(H,40,41)(H,42,43)/b23-11+,24-12+,35-27-. The second-order valence-corrected chi connectivity index (χ2v) is 10.1. The SMILES string of the molecule is N#C/C(=C\c1ccc(O)cc1)CN(CC(=O)O)CC(=O)OC(=O)CC/C(=N/O)OC(=O)CN(CC(=O)O)C/C(C#N)=C/c1ccc(O)cc1. The van der Waals surface area contributed by atoms with Gasteiger partial charge in [0, 0.05) is 30.7 Å². The molecule has 0 fully saturated rings. The number of phenols is 2. The Morgan fingerprint density at radius 2 is 1.04 bits per heavy atom. The van der Waals surface area contributed by atoms with Crippen LogP contribution in [0.2, 0.25) is 0 Å². The first-order chi connectivity index (χ1) is 23.3. The van der Waals surface area contributed by atoms with E-state index >= 15 is 0 Å². The van der Waals surface area contributed by atoms with Gasteiger partial charge >= 0.3 is 29.8 Å². The number of aromatic hydroxyl groups is 2. The minimum atomic E-state index is -1.33. The van der Waals surface area contributed by atoms with Crippen LogP contribution in [-0.4, -0.2) is 110 Å². The summed E-state index contributed by atoms with van der Waals surface area (Å²) < 4.78 is 9.60. The molecule has 0 aliphatic heterocycles. The van der Waals surface area contributed by atoms with Crippen LogP contribution in [0, 0.1) is 22.7 Å². The van der Waals surface area contributed by atoms with Gasteiger partial charge in [-0.3, -0.25) is 33.8 Å². The third-order valence-electron chi connectivity index (χ3n) is 6.08. The van der Waals surface area contributed by atoms with Crippen molar-refractivity contribution in [2.24, 2.45) is 5.16 Å². The molecule has 2 rings (SSSR count). The van der Waals surface area contributed by atoms with Gasteiger partial charge in [-0.2, -0.15) is 10.5 Å². The molecule has 49 heavy (non-hydrogen) atoms. The molecule has 0 aromatic heterocycles. The smallest absolute Gasteiger partial charge is 0.327 e. The van der Waals surface area contributed by atoms with Crippen LogP contribution < -0.4 is 0 Å². The molecule has 0 bridgehead atoms. The molecule has 5 N–H and O–H groups in total. The minimum Gasteiger partial charge on any atom is -0.508 e. The van der Waals surface area contributed by atoms with Crippen molar-refractivity contribution < 1.29 is 59.1 Å². The van der Waals surface area contributed by atoms with Crippen LogP contribution >= 0.6 is 0 Å². The molecule has 0 atom stereocenters. The third-order valence-corrected chi connectivity index (χ3v) is 6.08. The van der Waals surface area contributed by atoms with Crippen molar-refractivity contribution >= 4 is 47.9 Å². The van der Waals surface area contributed by atoms with E-state index in [0.29, 0.717) is 11.1 Å². The zero-order valence-corrected chi connectivity index (χ0v) is 25.8. The highest BCUT2D eigenvalue weighted by atomic mass is 16.6. The van der Waals surface area contributed by atoms with Crippen LogP contribution in [0.4, 0.5) is 0 Å². The molecule has 2 aromatic carbocycles. The molecule has 0 aliphatic rings. The summed E-state index contributed by atoms with van der Waals surface area (Å²) in [6.45, 7) is -3.32. The number of phenolic OH excluding ortho intramolecular Hbond substituents is 2. The van der Waals surface area contributed by atoms with E-state index in [0.717, 1.165) is 9.80 Å². The average molecular weight is 678 g/mol. The average Bonchev–Trinajstić information content (AvgIpc) is 3.03. The number of ether oxygens (including phenoxy) is 2. The number of nitriles is 2. The zero-order chi connectivity index (χ0) is 36.3. The van der Waals surface area contributed by atoms with E-state index in [2.05, 4.69) is 9.89 Å². The summed E-state index contributed by atoms with van der Waals surface area (Å²) >= 11 is 0. The van der Waals surface area contributed by atoms with Gasteiger partial charge in [-0.25, -0.2) is 0 Å². The lowest BCUT2D eigenvalue weighted by Crippen LogP contribution is -2.37. The van der Waals surface area contributed by atoms with Gasteiger partial charge in [0.1, 0.15) is 11.5 Å². The Morgan fingerprint density at radius 3 is 1.41 bits per heavy atom. The number of aliphatic carboxylic acids is 2. The monoisotopic (exact) mass is 677 g/mol. The Bertz CT molecular complexity index is 1690. The van der Waals surface area contributed by atoms with Crippen LogP contribution in [0.1, 0.15) is 24.0 Å². The molecule has 0 spiro atoms. The molecule has 256 valence electrons. The minimum absolute atomic E-state index is 0.00320. The Morgan fingerprint density at radius 1 is 0.633 bits per heavy atom. The maximum absolute atomic E-state index is 12.5. The van der Waals surface area contributed by atoms with Gasteiger partial charge in [0.15, 0.2) is 0 Å². The van der Waals surface area contributed by atoms with E-state index in [1.165, 1.54) is 60.7 Å². The summed E-state index contributed by atoms with van der Waals surface area (Å²) in [5.41, 5.74) is 1.18. The number of nitrogens with zero attached hydrogens (tertiary/aromatic N) is 5. The van der Waals surface area contributed by atoms with Gasteiger partial charge < -0.3 is 35.1 Å². The number of esters is 3. The second-order valence-electron chi connectivity index (χ2n) is 10.1. The van der Waals surface area contributed by atoms with Crippen LogP contribution in [0.25, 0.3) is 12.2 Å². The molecule has 0 amide bonds. The van der Waals surface area contributed by atoms with E-state index in [4.69, 9.17) is 4.74 Å². The number of carboxylic acids is 2. The zero-order valence-electron chi connectivity index (χ0n) is 25.8. The first kappa shape index (κ1) is 38.6. The van der Waals surface area contributed by atoms with E-state index in [1.807, 2.05) is 12.1 Å². The van der Waals surface area contributed by atoms with E-state index in [-0.39, 0.29) is 35.7 Å². The number of benzene rings is 2. The lowest BCUT2D eigenvalue weighted by atomic mass is 10.1. The molecular formula is C32H31N5O12. The Balaban J connectivity index is 1.94. The summed E-state index contributed by atoms with van der Waals surface area (Å²) in [7, 11) is 0. The molecule has 0 saturated heterocycles. The molecule has 0 radical (unpaired) electrons. The molecule has 17 heteroatoms. The van der Waals surface area contributed by atoms with E-state index in [9.17, 15) is 60.1 Å². The van der Waals surface area contributed by atoms with Crippen molar-refractivity contribution in [3.05, 3.63) is 70.8 Å². The normalized spacial score (nSPS) is 11.8. The van der Waals surface area contributed by atoms with Gasteiger partial charge in [0.2, 0.25) is 5.90 Å². The fraction of sp³-hybridized carbons (Fsp3) is 0.250. The lowest BCUT2D eigenvalue weighted by Gasteiger charge is -2.19. The predicted octanol–water partition coefficient (Wildman–Crippen LogP) is 1.57. The summed E-state index contributed by atoms with van der Waals surface area (Å²) in [6.07, 6.45) is 1.67. The van der Waals surface area contributed by atoms with Crippen molar-refractivity contribution in [1.29, 1.82) is 10.5 Å². The third kappa shape index (κ3) is 15.5. The molecule has 17 nitrogen and oxygen atoms in total.